The van der Waals surface area contributed by atoms with Crippen LogP contribution in [0.1, 0.15) is 26.3 Å². The number of Topliss-reactive ketones (excluding diaryl/α,β-unsaturated/α-hetero) is 1. The molecule has 3 aromatic rings. The molecular formula is C40H50F3NO13. The van der Waals surface area contributed by atoms with Crippen LogP contribution in [-0.2, 0) is 58.3 Å². The summed E-state index contributed by atoms with van der Waals surface area (Å²) in [6.07, 6.45) is -4.49. The van der Waals surface area contributed by atoms with Crippen molar-refractivity contribution < 1.29 is 74.9 Å². The van der Waals surface area contributed by atoms with Crippen molar-refractivity contribution >= 4 is 29.1 Å². The van der Waals surface area contributed by atoms with Gasteiger partial charge in [0.15, 0.2) is 0 Å². The molecular weight excluding hydrogens is 759 g/mol. The van der Waals surface area contributed by atoms with E-state index >= 15 is 0 Å². The van der Waals surface area contributed by atoms with Gasteiger partial charge in [-0.05, 0) is 30.3 Å². The van der Waals surface area contributed by atoms with Crippen LogP contribution in [0.3, 0.4) is 0 Å². The molecule has 0 heterocycles. The number of carbonyl (C=O) groups is 3. The Morgan fingerprint density at radius 2 is 0.895 bits per heavy atom. The fourth-order valence-electron chi connectivity index (χ4n) is 4.58. The lowest BCUT2D eigenvalue weighted by Gasteiger charge is -2.13. The normalized spacial score (nSPS) is 11.4. The Hall–Kier alpha value is -4.46. The third-order valence-electron chi connectivity index (χ3n) is 7.36. The van der Waals surface area contributed by atoms with Crippen molar-refractivity contribution in [1.82, 2.24) is 0 Å². The van der Waals surface area contributed by atoms with Crippen molar-refractivity contribution in [3.8, 4) is 0 Å². The highest BCUT2D eigenvalue weighted by Gasteiger charge is 2.30. The van der Waals surface area contributed by atoms with Gasteiger partial charge in [-0.2, -0.15) is 13.2 Å². The maximum atomic E-state index is 13.1. The summed E-state index contributed by atoms with van der Waals surface area (Å²) in [6, 6.07) is 19.3. The molecule has 0 amide bonds. The molecule has 3 aromatic carbocycles. The summed E-state index contributed by atoms with van der Waals surface area (Å²) in [6.45, 7) is 5.56. The molecule has 1 N–H and O–H groups in total. The van der Waals surface area contributed by atoms with Crippen molar-refractivity contribution in [3.63, 3.8) is 0 Å². The maximum absolute atomic E-state index is 13.1. The van der Waals surface area contributed by atoms with Gasteiger partial charge in [-0.1, -0.05) is 48.5 Å². The highest BCUT2D eigenvalue weighted by atomic mass is 19.4. The highest BCUT2D eigenvalue weighted by molar-refractivity contribution is 6.40. The average Bonchev–Trinajstić information content (AvgIpc) is 3.21. The van der Waals surface area contributed by atoms with E-state index in [1.807, 2.05) is 0 Å². The molecule has 0 aromatic heterocycles. The number of rotatable bonds is 32. The van der Waals surface area contributed by atoms with Gasteiger partial charge in [-0.25, -0.2) is 9.59 Å². The predicted molar refractivity (Wildman–Crippen MR) is 200 cm³/mol. The molecule has 0 saturated heterocycles. The van der Waals surface area contributed by atoms with Crippen LogP contribution in [0.5, 0.6) is 0 Å². The molecule has 57 heavy (non-hydrogen) atoms. The quantitative estimate of drug-likeness (QED) is 0.0382. The molecule has 17 heteroatoms. The highest BCUT2D eigenvalue weighted by Crippen LogP contribution is 2.32. The molecule has 0 aliphatic rings. The molecule has 0 unspecified atom stereocenters. The first-order valence-corrected chi connectivity index (χ1v) is 18.3. The van der Waals surface area contributed by atoms with Gasteiger partial charge in [0.05, 0.1) is 123 Å². The fourth-order valence-corrected chi connectivity index (χ4v) is 4.58. The van der Waals surface area contributed by atoms with Crippen molar-refractivity contribution in [2.24, 2.45) is 0 Å². The number of para-hydroxylation sites is 1. The summed E-state index contributed by atoms with van der Waals surface area (Å²) in [5.74, 6) is -2.25. The molecule has 0 radical (unpaired) electrons. The lowest BCUT2D eigenvalue weighted by molar-refractivity contribution is -0.140. The van der Waals surface area contributed by atoms with Crippen molar-refractivity contribution in [1.29, 1.82) is 0 Å². The zero-order valence-electron chi connectivity index (χ0n) is 31.7. The van der Waals surface area contributed by atoms with Gasteiger partial charge < -0.3 is 52.7 Å². The van der Waals surface area contributed by atoms with Crippen molar-refractivity contribution in [2.45, 2.75) is 6.18 Å². The second kappa shape index (κ2) is 28.9. The molecule has 0 aliphatic carbocycles. The van der Waals surface area contributed by atoms with E-state index in [9.17, 15) is 27.6 Å². The van der Waals surface area contributed by atoms with Gasteiger partial charge in [0.25, 0.3) is 5.78 Å². The summed E-state index contributed by atoms with van der Waals surface area (Å²) in [5, 5.41) is 2.85. The largest absolute Gasteiger partial charge is 0.460 e. The van der Waals surface area contributed by atoms with Crippen LogP contribution >= 0.6 is 0 Å². The van der Waals surface area contributed by atoms with Crippen LogP contribution in [0, 0.1) is 0 Å². The molecule has 314 valence electrons. The smallest absolute Gasteiger partial charge is 0.416 e. The number of anilines is 2. The summed E-state index contributed by atoms with van der Waals surface area (Å²) in [4.78, 5) is 36.2. The number of alkyl halides is 3. The van der Waals surface area contributed by atoms with E-state index in [1.165, 1.54) is 18.2 Å². The van der Waals surface area contributed by atoms with E-state index in [1.54, 1.807) is 48.5 Å². The third kappa shape index (κ3) is 21.0. The summed E-state index contributed by atoms with van der Waals surface area (Å²) < 4.78 is 92.7. The zero-order chi connectivity index (χ0) is 40.8. The number of esters is 2. The van der Waals surface area contributed by atoms with Crippen LogP contribution in [-0.4, -0.2) is 137 Å². The van der Waals surface area contributed by atoms with Crippen LogP contribution in [0.2, 0.25) is 0 Å². The Kier molecular flexibility index (Phi) is 23.8. The molecule has 0 bridgehead atoms. The van der Waals surface area contributed by atoms with E-state index in [4.69, 9.17) is 47.4 Å². The van der Waals surface area contributed by atoms with Gasteiger partial charge in [-0.3, -0.25) is 4.79 Å². The van der Waals surface area contributed by atoms with E-state index < -0.39 is 29.5 Å². The van der Waals surface area contributed by atoms with Crippen LogP contribution < -0.4 is 5.32 Å². The number of nitrogens with one attached hydrogen (secondary N) is 1. The number of ketones is 1. The van der Waals surface area contributed by atoms with Gasteiger partial charge in [0.2, 0.25) is 0 Å². The Morgan fingerprint density at radius 3 is 1.37 bits per heavy atom. The number of benzene rings is 3. The fraction of sp³-hybridized carbons (Fsp3) is 0.475. The monoisotopic (exact) mass is 809 g/mol. The van der Waals surface area contributed by atoms with Crippen LogP contribution in [0.25, 0.3) is 0 Å². The lowest BCUT2D eigenvalue weighted by atomic mass is 10.1. The zero-order valence-corrected chi connectivity index (χ0v) is 31.7. The van der Waals surface area contributed by atoms with Gasteiger partial charge in [0, 0.05) is 11.3 Å². The minimum absolute atomic E-state index is 0.0139. The molecule has 0 aliphatic heterocycles. The standard InChI is InChI=1S/C40H50F3NO13/c41-40(42,43)33-9-6-10-34(31-33)44-36-12-5-4-11-35(36)38(46)56-29-27-54-25-23-52-21-19-50-17-15-48-13-14-49-16-18-51-20-22-53-24-26-55-28-30-57-39(47)37(45)32-7-2-1-3-8-32/h1-12,31,44H,13-30H2. The first kappa shape index (κ1) is 46.9. The number of halogens is 3. The first-order valence-electron chi connectivity index (χ1n) is 18.3. The van der Waals surface area contributed by atoms with E-state index in [-0.39, 0.29) is 49.8 Å². The second-order valence-electron chi connectivity index (χ2n) is 11.6. The first-order chi connectivity index (χ1) is 27.8. The van der Waals surface area contributed by atoms with E-state index in [2.05, 4.69) is 5.32 Å². The minimum Gasteiger partial charge on any atom is -0.460 e. The number of carbonyl (C=O) groups excluding carboxylic acids is 3. The minimum atomic E-state index is -4.49. The molecule has 0 spiro atoms. The average molecular weight is 810 g/mol. The molecule has 0 atom stereocenters. The second-order valence-corrected chi connectivity index (χ2v) is 11.6. The van der Waals surface area contributed by atoms with Gasteiger partial charge in [0.1, 0.15) is 13.2 Å². The Bertz CT molecular complexity index is 1560. The Balaban J connectivity index is 1.01. The van der Waals surface area contributed by atoms with Gasteiger partial charge in [-0.15, -0.1) is 0 Å². The van der Waals surface area contributed by atoms with Crippen molar-refractivity contribution in [2.75, 3.05) is 124 Å². The van der Waals surface area contributed by atoms with Gasteiger partial charge >= 0.3 is 18.1 Å². The van der Waals surface area contributed by atoms with Crippen LogP contribution in [0.15, 0.2) is 78.9 Å². The predicted octanol–water partition coefficient (Wildman–Crippen LogP) is 5.16. The van der Waals surface area contributed by atoms with E-state index in [0.717, 1.165) is 12.1 Å². The number of hydrogen-bond donors (Lipinski definition) is 1. The molecule has 0 saturated carbocycles. The third-order valence-corrected chi connectivity index (χ3v) is 7.36. The number of hydrogen-bond acceptors (Lipinski definition) is 14. The SMILES string of the molecule is O=C(OCCOCCOCCOCCOCCOCCOCCOCCOCCOC(=O)c1ccccc1Nc1cccc(C(F)(F)F)c1)C(=O)c1ccccc1. The maximum Gasteiger partial charge on any atom is 0.416 e. The summed E-state index contributed by atoms with van der Waals surface area (Å²) in [5.41, 5.74) is 0.155. The molecule has 3 rings (SSSR count). The number of ether oxygens (including phenoxy) is 10. The Labute approximate surface area is 329 Å². The van der Waals surface area contributed by atoms with Crippen molar-refractivity contribution in [3.05, 3.63) is 95.6 Å². The Morgan fingerprint density at radius 1 is 0.474 bits per heavy atom. The summed E-state index contributed by atoms with van der Waals surface area (Å²) in [7, 11) is 0. The van der Waals surface area contributed by atoms with E-state index in [0.29, 0.717) is 91.6 Å². The summed E-state index contributed by atoms with van der Waals surface area (Å²) >= 11 is 0. The topological polar surface area (TPSA) is 156 Å². The van der Waals surface area contributed by atoms with Crippen LogP contribution in [0.4, 0.5) is 24.5 Å². The molecule has 14 nitrogen and oxygen atoms in total. The molecule has 0 fully saturated rings. The lowest BCUT2D eigenvalue weighted by Crippen LogP contribution is -2.20.